The second-order valence-corrected chi connectivity index (χ2v) is 5.35. The molecule has 7 nitrogen and oxygen atoms in total. The van der Waals surface area contributed by atoms with Gasteiger partial charge in [-0.2, -0.15) is 10.4 Å². The molecule has 1 aromatic heterocycles. The van der Waals surface area contributed by atoms with Crippen LogP contribution in [0.3, 0.4) is 0 Å². The quantitative estimate of drug-likeness (QED) is 0.624. The Bertz CT molecular complexity index is 777. The summed E-state index contributed by atoms with van der Waals surface area (Å²) in [6.07, 6.45) is 0. The van der Waals surface area contributed by atoms with E-state index in [1.54, 1.807) is 27.0 Å². The Hall–Kier alpha value is -2.40. The summed E-state index contributed by atoms with van der Waals surface area (Å²) >= 11 is 3.22. The van der Waals surface area contributed by atoms with Crippen LogP contribution in [0, 0.1) is 35.3 Å². The zero-order valence-corrected chi connectivity index (χ0v) is 13.1. The van der Waals surface area contributed by atoms with Crippen molar-refractivity contribution in [1.82, 2.24) is 9.78 Å². The van der Waals surface area contributed by atoms with Crippen molar-refractivity contribution in [3.8, 4) is 17.7 Å². The number of aryl methyl sites for hydroxylation is 3. The molecule has 8 heteroatoms. The van der Waals surface area contributed by atoms with Crippen molar-refractivity contribution < 1.29 is 9.66 Å². The van der Waals surface area contributed by atoms with Crippen molar-refractivity contribution in [2.24, 2.45) is 7.05 Å². The van der Waals surface area contributed by atoms with E-state index in [4.69, 9.17) is 10.00 Å². The fraction of sp³-hybridized carbons (Fsp3) is 0.231. The van der Waals surface area contributed by atoms with Crippen LogP contribution in [0.2, 0.25) is 0 Å². The Morgan fingerprint density at radius 3 is 2.71 bits per heavy atom. The summed E-state index contributed by atoms with van der Waals surface area (Å²) in [5, 5.41) is 24.4. The zero-order valence-electron chi connectivity index (χ0n) is 11.5. The summed E-state index contributed by atoms with van der Waals surface area (Å²) in [4.78, 5) is 10.7. The molecule has 21 heavy (non-hydrogen) atoms. The summed E-state index contributed by atoms with van der Waals surface area (Å²) in [6, 6.07) is 5.06. The van der Waals surface area contributed by atoms with E-state index in [1.807, 2.05) is 6.07 Å². The van der Waals surface area contributed by atoms with Crippen LogP contribution in [0.25, 0.3) is 0 Å². The van der Waals surface area contributed by atoms with Gasteiger partial charge in [0.15, 0.2) is 0 Å². The first-order chi connectivity index (χ1) is 9.85. The van der Waals surface area contributed by atoms with E-state index >= 15 is 0 Å². The molecular weight excluding hydrogens is 340 g/mol. The number of nitrogens with zero attached hydrogens (tertiary/aromatic N) is 4. The fourth-order valence-electron chi connectivity index (χ4n) is 1.96. The number of nitriles is 1. The largest absolute Gasteiger partial charge is 0.430 e. The van der Waals surface area contributed by atoms with Crippen LogP contribution >= 0.6 is 15.9 Å². The van der Waals surface area contributed by atoms with Crippen LogP contribution in [-0.2, 0) is 7.05 Å². The maximum absolute atomic E-state index is 11.2. The van der Waals surface area contributed by atoms with Crippen molar-refractivity contribution in [1.29, 1.82) is 5.26 Å². The molecule has 2 aromatic rings. The molecular formula is C13H11BrN4O3. The first kappa shape index (κ1) is 15.0. The SMILES string of the molecule is Cc1cc(Br)cc([N+](=O)[O-])c1Oc1c(C#N)c(C)nn1C. The van der Waals surface area contributed by atoms with Gasteiger partial charge in [0, 0.05) is 23.2 Å². The highest BCUT2D eigenvalue weighted by molar-refractivity contribution is 9.10. The Morgan fingerprint density at radius 1 is 1.48 bits per heavy atom. The van der Waals surface area contributed by atoms with E-state index in [2.05, 4.69) is 21.0 Å². The molecule has 0 saturated carbocycles. The minimum atomic E-state index is -0.525. The van der Waals surface area contributed by atoms with Gasteiger partial charge in [0.25, 0.3) is 0 Å². The Morgan fingerprint density at radius 2 is 2.14 bits per heavy atom. The van der Waals surface area contributed by atoms with Crippen molar-refractivity contribution in [3.63, 3.8) is 0 Å². The first-order valence-electron chi connectivity index (χ1n) is 5.91. The Labute approximate surface area is 129 Å². The predicted octanol–water partition coefficient (Wildman–Crippen LogP) is 3.37. The molecule has 0 spiro atoms. The summed E-state index contributed by atoms with van der Waals surface area (Å²) < 4.78 is 7.62. The molecule has 0 aliphatic heterocycles. The number of benzene rings is 1. The van der Waals surface area contributed by atoms with Gasteiger partial charge in [-0.3, -0.25) is 10.1 Å². The van der Waals surface area contributed by atoms with Gasteiger partial charge >= 0.3 is 5.69 Å². The lowest BCUT2D eigenvalue weighted by molar-refractivity contribution is -0.385. The minimum absolute atomic E-state index is 0.0997. The number of hydrogen-bond donors (Lipinski definition) is 0. The van der Waals surface area contributed by atoms with E-state index < -0.39 is 4.92 Å². The third-order valence-corrected chi connectivity index (χ3v) is 3.35. The lowest BCUT2D eigenvalue weighted by atomic mass is 10.2. The topological polar surface area (TPSA) is 94.0 Å². The number of aromatic nitrogens is 2. The zero-order chi connectivity index (χ0) is 15.7. The standard InChI is InChI=1S/C13H11BrN4O3/c1-7-4-9(14)5-11(18(19)20)12(7)21-13-10(6-15)8(2)16-17(13)3/h4-5H,1-3H3. The van der Waals surface area contributed by atoms with Gasteiger partial charge in [-0.15, -0.1) is 0 Å². The molecule has 0 N–H and O–H groups in total. The molecule has 0 fully saturated rings. The lowest BCUT2D eigenvalue weighted by Gasteiger charge is -2.10. The molecule has 0 aliphatic rings. The number of hydrogen-bond acceptors (Lipinski definition) is 5. The molecule has 1 heterocycles. The van der Waals surface area contributed by atoms with Crippen molar-refractivity contribution in [2.45, 2.75) is 13.8 Å². The van der Waals surface area contributed by atoms with Gasteiger partial charge in [0.2, 0.25) is 11.6 Å². The number of ether oxygens (including phenoxy) is 1. The maximum Gasteiger partial charge on any atom is 0.313 e. The molecule has 2 rings (SSSR count). The third-order valence-electron chi connectivity index (χ3n) is 2.90. The van der Waals surface area contributed by atoms with Gasteiger partial charge in [-0.05, 0) is 19.9 Å². The van der Waals surface area contributed by atoms with E-state index in [9.17, 15) is 10.1 Å². The molecule has 0 radical (unpaired) electrons. The number of nitro groups is 1. The van der Waals surface area contributed by atoms with E-state index in [0.717, 1.165) is 0 Å². The van der Waals surface area contributed by atoms with Gasteiger partial charge in [0.05, 0.1) is 10.6 Å². The summed E-state index contributed by atoms with van der Waals surface area (Å²) in [5.74, 6) is 0.284. The first-order valence-corrected chi connectivity index (χ1v) is 6.70. The summed E-state index contributed by atoms with van der Waals surface area (Å²) in [6.45, 7) is 3.37. The van der Waals surface area contributed by atoms with Gasteiger partial charge < -0.3 is 4.74 Å². The van der Waals surface area contributed by atoms with Crippen molar-refractivity contribution >= 4 is 21.6 Å². The second-order valence-electron chi connectivity index (χ2n) is 4.43. The van der Waals surface area contributed by atoms with Crippen molar-refractivity contribution in [2.75, 3.05) is 0 Å². The Kier molecular flexibility index (Phi) is 3.95. The average molecular weight is 351 g/mol. The predicted molar refractivity (Wildman–Crippen MR) is 78.3 cm³/mol. The molecule has 108 valence electrons. The van der Waals surface area contributed by atoms with Crippen molar-refractivity contribution in [3.05, 3.63) is 43.5 Å². The molecule has 0 atom stereocenters. The normalized spacial score (nSPS) is 10.2. The van der Waals surface area contributed by atoms with Crippen LogP contribution in [0.4, 0.5) is 5.69 Å². The van der Waals surface area contributed by atoms with Crippen LogP contribution in [-0.4, -0.2) is 14.7 Å². The fourth-order valence-corrected chi connectivity index (χ4v) is 2.52. The minimum Gasteiger partial charge on any atom is -0.430 e. The molecule has 0 aliphatic carbocycles. The molecule has 0 saturated heterocycles. The monoisotopic (exact) mass is 350 g/mol. The van der Waals surface area contributed by atoms with Gasteiger partial charge in [0.1, 0.15) is 11.6 Å². The number of nitro benzene ring substituents is 1. The van der Waals surface area contributed by atoms with Crippen LogP contribution in [0.15, 0.2) is 16.6 Å². The Balaban J connectivity index is 2.60. The third kappa shape index (κ3) is 2.73. The van der Waals surface area contributed by atoms with E-state index in [0.29, 0.717) is 15.7 Å². The number of halogens is 1. The van der Waals surface area contributed by atoms with Gasteiger partial charge in [-0.1, -0.05) is 15.9 Å². The highest BCUT2D eigenvalue weighted by atomic mass is 79.9. The molecule has 0 amide bonds. The van der Waals surface area contributed by atoms with Crippen LogP contribution in [0.1, 0.15) is 16.8 Å². The van der Waals surface area contributed by atoms with E-state index in [1.165, 1.54) is 10.7 Å². The molecule has 0 bridgehead atoms. The maximum atomic E-state index is 11.2. The highest BCUT2D eigenvalue weighted by Gasteiger charge is 2.23. The second kappa shape index (κ2) is 5.54. The summed E-state index contributed by atoms with van der Waals surface area (Å²) in [7, 11) is 1.61. The average Bonchev–Trinajstić information content (AvgIpc) is 2.66. The number of rotatable bonds is 3. The molecule has 0 unspecified atom stereocenters. The van der Waals surface area contributed by atoms with Crippen LogP contribution < -0.4 is 4.74 Å². The molecule has 1 aromatic carbocycles. The van der Waals surface area contributed by atoms with E-state index in [-0.39, 0.29) is 22.9 Å². The smallest absolute Gasteiger partial charge is 0.313 e. The summed E-state index contributed by atoms with van der Waals surface area (Å²) in [5.41, 5.74) is 1.17. The highest BCUT2D eigenvalue weighted by Crippen LogP contribution is 2.38. The lowest BCUT2D eigenvalue weighted by Crippen LogP contribution is -2.00. The van der Waals surface area contributed by atoms with Crippen LogP contribution in [0.5, 0.6) is 11.6 Å². The van der Waals surface area contributed by atoms with Gasteiger partial charge in [-0.25, -0.2) is 4.68 Å².